The van der Waals surface area contributed by atoms with Crippen LogP contribution in [-0.4, -0.2) is 30.3 Å². The summed E-state index contributed by atoms with van der Waals surface area (Å²) < 4.78 is 31.3. The van der Waals surface area contributed by atoms with Gasteiger partial charge in [0.25, 0.3) is 11.5 Å². The molecule has 2 unspecified atom stereocenters. The van der Waals surface area contributed by atoms with E-state index in [1.807, 2.05) is 0 Å². The average molecular weight is 307 g/mol. The van der Waals surface area contributed by atoms with Crippen LogP contribution in [0.3, 0.4) is 0 Å². The van der Waals surface area contributed by atoms with Crippen molar-refractivity contribution in [1.29, 1.82) is 0 Å². The normalized spacial score (nSPS) is 28.0. The van der Waals surface area contributed by atoms with E-state index in [1.54, 1.807) is 12.2 Å². The van der Waals surface area contributed by atoms with Crippen molar-refractivity contribution in [1.82, 2.24) is 0 Å². The fourth-order valence-corrected chi connectivity index (χ4v) is 2.39. The van der Waals surface area contributed by atoms with Crippen LogP contribution in [0.4, 0.5) is 10.1 Å². The molecule has 0 bridgehead atoms. The lowest BCUT2D eigenvalue weighted by atomic mass is 9.94. The van der Waals surface area contributed by atoms with Crippen LogP contribution in [0.1, 0.15) is 0 Å². The highest BCUT2D eigenvalue weighted by Crippen LogP contribution is 2.36. The fourth-order valence-electron chi connectivity index (χ4n) is 2.39. The van der Waals surface area contributed by atoms with Crippen LogP contribution in [0, 0.1) is 16.0 Å². The summed E-state index contributed by atoms with van der Waals surface area (Å²) in [5.74, 6) is -2.70. The van der Waals surface area contributed by atoms with Gasteiger partial charge in [0, 0.05) is 12.1 Å². The zero-order valence-electron chi connectivity index (χ0n) is 11.6. The number of hydrogen-bond acceptors (Lipinski definition) is 5. The number of non-ortho nitro benzene ring substituents is 1. The van der Waals surface area contributed by atoms with Crippen molar-refractivity contribution >= 4 is 5.69 Å². The second-order valence-corrected chi connectivity index (χ2v) is 4.93. The number of nitro groups is 1. The predicted molar refractivity (Wildman–Crippen MR) is 75.0 cm³/mol. The molecule has 1 aromatic rings. The molecule has 0 N–H and O–H groups in total. The number of hydrogen-bond donors (Lipinski definition) is 0. The molecule has 2 aliphatic rings. The van der Waals surface area contributed by atoms with Gasteiger partial charge in [-0.15, -0.1) is 0 Å². The summed E-state index contributed by atoms with van der Waals surface area (Å²) >= 11 is 0. The summed E-state index contributed by atoms with van der Waals surface area (Å²) in [6.45, 7) is 0.818. The van der Waals surface area contributed by atoms with E-state index in [0.29, 0.717) is 13.2 Å². The summed E-state index contributed by atoms with van der Waals surface area (Å²) in [4.78, 5) is 10.1. The third-order valence-electron chi connectivity index (χ3n) is 3.47. The Bertz CT molecular complexity index is 609. The van der Waals surface area contributed by atoms with Gasteiger partial charge in [0.2, 0.25) is 0 Å². The van der Waals surface area contributed by atoms with Gasteiger partial charge in [0.1, 0.15) is 11.7 Å². The smallest absolute Gasteiger partial charge is 0.278 e. The van der Waals surface area contributed by atoms with Crippen molar-refractivity contribution in [2.24, 2.45) is 5.92 Å². The van der Waals surface area contributed by atoms with Crippen molar-refractivity contribution in [3.63, 3.8) is 0 Å². The number of halogens is 1. The van der Waals surface area contributed by atoms with E-state index < -0.39 is 23.0 Å². The van der Waals surface area contributed by atoms with Gasteiger partial charge in [-0.25, -0.2) is 0 Å². The first-order valence-corrected chi connectivity index (χ1v) is 6.80. The van der Waals surface area contributed by atoms with Crippen LogP contribution in [-0.2, 0) is 9.47 Å². The molecule has 2 atom stereocenters. The third kappa shape index (κ3) is 2.86. The predicted octanol–water partition coefficient (Wildman–Crippen LogP) is 2.75. The highest BCUT2D eigenvalue weighted by molar-refractivity contribution is 5.37. The molecular weight excluding hydrogens is 293 g/mol. The van der Waals surface area contributed by atoms with E-state index in [-0.39, 0.29) is 11.4 Å². The van der Waals surface area contributed by atoms with Crippen LogP contribution in [0.15, 0.2) is 48.6 Å². The van der Waals surface area contributed by atoms with Gasteiger partial charge in [0.05, 0.1) is 18.1 Å². The lowest BCUT2D eigenvalue weighted by molar-refractivity contribution is -0.384. The van der Waals surface area contributed by atoms with E-state index in [2.05, 4.69) is 0 Å². The Kier molecular flexibility index (Phi) is 3.91. The lowest BCUT2D eigenvalue weighted by Gasteiger charge is -2.33. The first-order valence-electron chi connectivity index (χ1n) is 6.80. The molecule has 1 heterocycles. The van der Waals surface area contributed by atoms with Crippen LogP contribution in [0.2, 0.25) is 0 Å². The molecule has 0 saturated carbocycles. The number of ether oxygens (including phenoxy) is 3. The fraction of sp³-hybridized carbons (Fsp3) is 0.333. The maximum Gasteiger partial charge on any atom is 0.278 e. The number of nitro benzene ring substituents is 1. The molecule has 1 aromatic carbocycles. The summed E-state index contributed by atoms with van der Waals surface area (Å²) in [6, 6.07) is 5.25. The Hall–Kier alpha value is -2.25. The van der Waals surface area contributed by atoms with Gasteiger partial charge in [-0.2, -0.15) is 4.39 Å². The monoisotopic (exact) mass is 307 g/mol. The van der Waals surface area contributed by atoms with Gasteiger partial charge < -0.3 is 14.2 Å². The molecule has 7 heteroatoms. The van der Waals surface area contributed by atoms with Crippen LogP contribution >= 0.6 is 0 Å². The van der Waals surface area contributed by atoms with Crippen molar-refractivity contribution in [2.45, 2.75) is 12.1 Å². The highest BCUT2D eigenvalue weighted by Gasteiger charge is 2.46. The molecule has 1 saturated heterocycles. The van der Waals surface area contributed by atoms with E-state index >= 15 is 4.39 Å². The molecule has 0 aromatic heterocycles. The lowest BCUT2D eigenvalue weighted by Crippen LogP contribution is -2.44. The number of nitrogens with zero attached hydrogens (tertiary/aromatic N) is 1. The minimum absolute atomic E-state index is 0.0849. The Morgan fingerprint density at radius 2 is 1.91 bits per heavy atom. The second kappa shape index (κ2) is 5.86. The Balaban J connectivity index is 1.79. The summed E-state index contributed by atoms with van der Waals surface area (Å²) in [5.41, 5.74) is -0.0849. The van der Waals surface area contributed by atoms with Gasteiger partial charge in [-0.1, -0.05) is 18.2 Å². The Labute approximate surface area is 125 Å². The molecule has 22 heavy (non-hydrogen) atoms. The molecule has 3 rings (SSSR count). The first kappa shape index (κ1) is 14.7. The van der Waals surface area contributed by atoms with E-state index in [1.165, 1.54) is 36.4 Å². The third-order valence-corrected chi connectivity index (χ3v) is 3.47. The topological polar surface area (TPSA) is 70.8 Å². The van der Waals surface area contributed by atoms with Crippen molar-refractivity contribution < 1.29 is 23.5 Å². The molecule has 1 fully saturated rings. The zero-order chi connectivity index (χ0) is 15.6. The molecule has 0 amide bonds. The maximum absolute atomic E-state index is 15.2. The van der Waals surface area contributed by atoms with Gasteiger partial charge in [0.15, 0.2) is 6.29 Å². The minimum Gasteiger partial charge on any atom is -0.453 e. The molecule has 1 aliphatic carbocycles. The van der Waals surface area contributed by atoms with Gasteiger partial charge >= 0.3 is 0 Å². The summed E-state index contributed by atoms with van der Waals surface area (Å²) in [5, 5.41) is 10.6. The standard InChI is InChI=1S/C15H14FNO5/c16-15(22-12-6-4-11(5-7-12)17(18)19)8-2-1-3-13(15)14-20-9-10-21-14/h1-8,13-14H,9-10H2. The molecule has 0 radical (unpaired) electrons. The number of rotatable bonds is 4. The minimum atomic E-state index is -2.14. The van der Waals surface area contributed by atoms with Crippen LogP contribution in [0.25, 0.3) is 0 Å². The molecule has 1 aliphatic heterocycles. The molecule has 6 nitrogen and oxygen atoms in total. The summed E-state index contributed by atoms with van der Waals surface area (Å²) in [6.07, 6.45) is 5.43. The van der Waals surface area contributed by atoms with E-state index in [0.717, 1.165) is 0 Å². The quantitative estimate of drug-likeness (QED) is 0.632. The van der Waals surface area contributed by atoms with Crippen molar-refractivity contribution in [3.8, 4) is 5.75 Å². The average Bonchev–Trinajstić information content (AvgIpc) is 3.02. The van der Waals surface area contributed by atoms with Gasteiger partial charge in [-0.3, -0.25) is 10.1 Å². The number of alkyl halides is 1. The van der Waals surface area contributed by atoms with Crippen molar-refractivity contribution in [2.75, 3.05) is 13.2 Å². The Morgan fingerprint density at radius 3 is 2.55 bits per heavy atom. The molecule has 0 spiro atoms. The molecular formula is C15H14FNO5. The highest BCUT2D eigenvalue weighted by atomic mass is 19.2. The number of allylic oxidation sites excluding steroid dienone is 2. The SMILES string of the molecule is O=[N+]([O-])c1ccc(OC2(F)C=CC=CC2C2OCCO2)cc1. The van der Waals surface area contributed by atoms with Gasteiger partial charge in [-0.05, 0) is 18.2 Å². The van der Waals surface area contributed by atoms with Crippen molar-refractivity contribution in [3.05, 3.63) is 58.7 Å². The van der Waals surface area contributed by atoms with E-state index in [4.69, 9.17) is 14.2 Å². The summed E-state index contributed by atoms with van der Waals surface area (Å²) in [7, 11) is 0. The largest absolute Gasteiger partial charge is 0.453 e. The number of benzene rings is 1. The van der Waals surface area contributed by atoms with Crippen LogP contribution in [0.5, 0.6) is 5.75 Å². The first-order chi connectivity index (χ1) is 10.6. The zero-order valence-corrected chi connectivity index (χ0v) is 11.6. The maximum atomic E-state index is 15.2. The molecule has 116 valence electrons. The Morgan fingerprint density at radius 1 is 1.23 bits per heavy atom. The van der Waals surface area contributed by atoms with Crippen LogP contribution < -0.4 is 4.74 Å². The van der Waals surface area contributed by atoms with E-state index in [9.17, 15) is 10.1 Å². The second-order valence-electron chi connectivity index (χ2n) is 4.93.